The molecule has 0 aliphatic heterocycles. The van der Waals surface area contributed by atoms with Gasteiger partial charge in [-0.15, -0.1) is 11.6 Å². The van der Waals surface area contributed by atoms with Crippen LogP contribution in [0.3, 0.4) is 0 Å². The summed E-state index contributed by atoms with van der Waals surface area (Å²) in [5.41, 5.74) is -0.222. The first-order chi connectivity index (χ1) is 7.37. The van der Waals surface area contributed by atoms with Crippen molar-refractivity contribution in [3.05, 3.63) is 0 Å². The monoisotopic (exact) mass is 247 g/mol. The van der Waals surface area contributed by atoms with Crippen LogP contribution in [0.25, 0.3) is 0 Å². The summed E-state index contributed by atoms with van der Waals surface area (Å²) in [4.78, 5) is 11.9. The fraction of sp³-hybridized carbons (Fsp3) is 0.923. The maximum atomic E-state index is 11.9. The molecule has 1 amide bonds. The van der Waals surface area contributed by atoms with E-state index in [1.54, 1.807) is 0 Å². The SMILES string of the molecule is CCC(CC)(CCl)CNC(=O)C(C)(C)CC. The molecule has 0 saturated heterocycles. The number of rotatable bonds is 7. The van der Waals surface area contributed by atoms with Crippen molar-refractivity contribution in [1.82, 2.24) is 5.32 Å². The first-order valence-corrected chi connectivity index (χ1v) is 6.75. The van der Waals surface area contributed by atoms with Crippen molar-refractivity contribution in [2.75, 3.05) is 12.4 Å². The average molecular weight is 248 g/mol. The second-order valence-electron chi connectivity index (χ2n) is 5.26. The van der Waals surface area contributed by atoms with Crippen LogP contribution in [0.1, 0.15) is 53.9 Å². The third-order valence-corrected chi connectivity index (χ3v) is 4.47. The Labute approximate surface area is 105 Å². The third kappa shape index (κ3) is 3.97. The highest BCUT2D eigenvalue weighted by molar-refractivity contribution is 6.18. The number of hydrogen-bond donors (Lipinski definition) is 1. The lowest BCUT2D eigenvalue weighted by molar-refractivity contribution is -0.130. The molecule has 0 aliphatic rings. The van der Waals surface area contributed by atoms with Gasteiger partial charge in [0, 0.05) is 23.3 Å². The lowest BCUT2D eigenvalue weighted by Crippen LogP contribution is -2.43. The molecule has 3 heteroatoms. The van der Waals surface area contributed by atoms with Crippen LogP contribution >= 0.6 is 11.6 Å². The zero-order valence-electron chi connectivity index (χ0n) is 11.3. The molecule has 2 nitrogen and oxygen atoms in total. The molecule has 1 N–H and O–H groups in total. The molecule has 0 heterocycles. The fourth-order valence-corrected chi connectivity index (χ4v) is 1.88. The largest absolute Gasteiger partial charge is 0.355 e. The summed E-state index contributed by atoms with van der Waals surface area (Å²) >= 11 is 6.00. The minimum Gasteiger partial charge on any atom is -0.355 e. The van der Waals surface area contributed by atoms with E-state index in [-0.39, 0.29) is 16.7 Å². The molecule has 0 aromatic carbocycles. The summed E-state index contributed by atoms with van der Waals surface area (Å²) in [5.74, 6) is 0.735. The van der Waals surface area contributed by atoms with Gasteiger partial charge in [0.15, 0.2) is 0 Å². The highest BCUT2D eigenvalue weighted by atomic mass is 35.5. The molecule has 0 fully saturated rings. The van der Waals surface area contributed by atoms with E-state index < -0.39 is 0 Å². The Bertz CT molecular complexity index is 214. The van der Waals surface area contributed by atoms with Crippen molar-refractivity contribution in [3.8, 4) is 0 Å². The number of nitrogens with one attached hydrogen (secondary N) is 1. The first-order valence-electron chi connectivity index (χ1n) is 6.21. The smallest absolute Gasteiger partial charge is 0.225 e. The Kier molecular flexibility index (Phi) is 6.39. The van der Waals surface area contributed by atoms with Crippen molar-refractivity contribution in [3.63, 3.8) is 0 Å². The summed E-state index contributed by atoms with van der Waals surface area (Å²) in [6.45, 7) is 10.9. The van der Waals surface area contributed by atoms with Crippen LogP contribution in [0.2, 0.25) is 0 Å². The summed E-state index contributed by atoms with van der Waals surface area (Å²) in [7, 11) is 0. The summed E-state index contributed by atoms with van der Waals surface area (Å²) < 4.78 is 0. The van der Waals surface area contributed by atoms with Crippen LogP contribution in [0.15, 0.2) is 0 Å². The van der Waals surface area contributed by atoms with Crippen LogP contribution in [0.5, 0.6) is 0 Å². The van der Waals surface area contributed by atoms with Crippen molar-refractivity contribution in [2.45, 2.75) is 53.9 Å². The number of hydrogen-bond acceptors (Lipinski definition) is 1. The molecule has 0 aliphatic carbocycles. The average Bonchev–Trinajstić information content (AvgIpc) is 2.31. The second-order valence-corrected chi connectivity index (χ2v) is 5.53. The normalized spacial score (nSPS) is 12.6. The molecule has 0 aromatic heterocycles. The van der Waals surface area contributed by atoms with Gasteiger partial charge in [-0.25, -0.2) is 0 Å². The van der Waals surface area contributed by atoms with Crippen LogP contribution in [-0.2, 0) is 4.79 Å². The molecule has 16 heavy (non-hydrogen) atoms. The van der Waals surface area contributed by atoms with Crippen molar-refractivity contribution in [2.24, 2.45) is 10.8 Å². The maximum absolute atomic E-state index is 11.9. The molecular formula is C13H26ClNO. The van der Waals surface area contributed by atoms with E-state index in [1.807, 2.05) is 20.8 Å². The van der Waals surface area contributed by atoms with Gasteiger partial charge >= 0.3 is 0 Å². The van der Waals surface area contributed by atoms with Crippen molar-refractivity contribution in [1.29, 1.82) is 0 Å². The predicted molar refractivity (Wildman–Crippen MR) is 70.8 cm³/mol. The standard InChI is InChI=1S/C13H26ClNO/c1-6-12(4,5)11(16)15-10-13(7-2,8-3)9-14/h6-10H2,1-5H3,(H,15,16). The van der Waals surface area contributed by atoms with Gasteiger partial charge in [0.05, 0.1) is 0 Å². The van der Waals surface area contributed by atoms with E-state index in [4.69, 9.17) is 11.6 Å². The number of carbonyl (C=O) groups excluding carboxylic acids is 1. The Morgan fingerprint density at radius 2 is 1.62 bits per heavy atom. The van der Waals surface area contributed by atoms with Gasteiger partial charge < -0.3 is 5.32 Å². The molecule has 0 radical (unpaired) electrons. The van der Waals surface area contributed by atoms with Gasteiger partial charge in [0.25, 0.3) is 0 Å². The van der Waals surface area contributed by atoms with E-state index in [9.17, 15) is 4.79 Å². The topological polar surface area (TPSA) is 29.1 Å². The summed E-state index contributed by atoms with van der Waals surface area (Å²) in [6, 6.07) is 0. The molecule has 0 atom stereocenters. The maximum Gasteiger partial charge on any atom is 0.225 e. The van der Waals surface area contributed by atoms with Gasteiger partial charge in [-0.2, -0.15) is 0 Å². The van der Waals surface area contributed by atoms with E-state index in [2.05, 4.69) is 19.2 Å². The summed E-state index contributed by atoms with van der Waals surface area (Å²) in [5, 5.41) is 3.04. The van der Waals surface area contributed by atoms with Crippen LogP contribution in [-0.4, -0.2) is 18.3 Å². The highest BCUT2D eigenvalue weighted by Crippen LogP contribution is 2.28. The third-order valence-electron chi connectivity index (χ3n) is 3.91. The quantitative estimate of drug-likeness (QED) is 0.685. The lowest BCUT2D eigenvalue weighted by Gasteiger charge is -2.31. The lowest BCUT2D eigenvalue weighted by atomic mass is 9.83. The molecule has 0 saturated carbocycles. The molecule has 0 unspecified atom stereocenters. The Hall–Kier alpha value is -0.240. The van der Waals surface area contributed by atoms with Gasteiger partial charge in [-0.05, 0) is 19.3 Å². The molecule has 0 aromatic rings. The molecule has 0 bridgehead atoms. The number of alkyl halides is 1. The molecule has 0 spiro atoms. The van der Waals surface area contributed by atoms with E-state index >= 15 is 0 Å². The minimum atomic E-state index is -0.278. The molecular weight excluding hydrogens is 222 g/mol. The van der Waals surface area contributed by atoms with Crippen LogP contribution in [0.4, 0.5) is 0 Å². The van der Waals surface area contributed by atoms with E-state index in [0.29, 0.717) is 12.4 Å². The second kappa shape index (κ2) is 6.48. The Morgan fingerprint density at radius 1 is 1.12 bits per heavy atom. The highest BCUT2D eigenvalue weighted by Gasteiger charge is 2.30. The number of carbonyl (C=O) groups is 1. The fourth-order valence-electron chi connectivity index (χ4n) is 1.40. The van der Waals surface area contributed by atoms with Gasteiger partial charge in [0.1, 0.15) is 0 Å². The van der Waals surface area contributed by atoms with Gasteiger partial charge in [-0.3, -0.25) is 4.79 Å². The Balaban J connectivity index is 4.38. The number of amides is 1. The summed E-state index contributed by atoms with van der Waals surface area (Å²) in [6.07, 6.45) is 2.85. The van der Waals surface area contributed by atoms with Gasteiger partial charge in [-0.1, -0.05) is 34.6 Å². The zero-order chi connectivity index (χ0) is 12.8. The number of halogens is 1. The van der Waals surface area contributed by atoms with Crippen LogP contribution in [0, 0.1) is 10.8 Å². The first kappa shape index (κ1) is 15.8. The van der Waals surface area contributed by atoms with Crippen molar-refractivity contribution < 1.29 is 4.79 Å². The predicted octanol–water partition coefficient (Wildman–Crippen LogP) is 3.58. The van der Waals surface area contributed by atoms with E-state index in [1.165, 1.54) is 0 Å². The Morgan fingerprint density at radius 3 is 1.94 bits per heavy atom. The van der Waals surface area contributed by atoms with Gasteiger partial charge in [0.2, 0.25) is 5.91 Å². The zero-order valence-corrected chi connectivity index (χ0v) is 12.1. The molecule has 96 valence electrons. The van der Waals surface area contributed by atoms with Crippen LogP contribution < -0.4 is 5.32 Å². The van der Waals surface area contributed by atoms with Crippen molar-refractivity contribution >= 4 is 17.5 Å². The molecule has 0 rings (SSSR count). The minimum absolute atomic E-state index is 0.0566. The van der Waals surface area contributed by atoms with E-state index in [0.717, 1.165) is 19.3 Å².